The molecule has 0 aromatic heterocycles. The second-order valence-corrected chi connectivity index (χ2v) is 6.53. The standard InChI is InChI=1S/C17H24N2/c1-2-5-13(6-3-1)17(14-8-9-14)18-15-10-12-19-11-4-7-16(15)19/h1-3,5-6,14-18H,4,7-12H2. The molecular formula is C17H24N2. The van der Waals surface area contributed by atoms with E-state index in [1.54, 1.807) is 0 Å². The average molecular weight is 256 g/mol. The number of hydrogen-bond acceptors (Lipinski definition) is 2. The van der Waals surface area contributed by atoms with Gasteiger partial charge in [-0.05, 0) is 50.1 Å². The molecule has 0 bridgehead atoms. The van der Waals surface area contributed by atoms with Crippen LogP contribution in [0, 0.1) is 5.92 Å². The summed E-state index contributed by atoms with van der Waals surface area (Å²) in [5.41, 5.74) is 1.50. The molecule has 2 heteroatoms. The first-order valence-corrected chi connectivity index (χ1v) is 7.97. The molecule has 0 radical (unpaired) electrons. The molecule has 0 amide bonds. The van der Waals surface area contributed by atoms with Crippen LogP contribution < -0.4 is 5.32 Å². The maximum Gasteiger partial charge on any atom is 0.0351 e. The van der Waals surface area contributed by atoms with Crippen LogP contribution >= 0.6 is 0 Å². The van der Waals surface area contributed by atoms with E-state index < -0.39 is 0 Å². The Labute approximate surface area is 116 Å². The van der Waals surface area contributed by atoms with Gasteiger partial charge in [0.2, 0.25) is 0 Å². The maximum absolute atomic E-state index is 4.02. The van der Waals surface area contributed by atoms with Crippen molar-refractivity contribution >= 4 is 0 Å². The van der Waals surface area contributed by atoms with Crippen molar-refractivity contribution in [3.8, 4) is 0 Å². The van der Waals surface area contributed by atoms with E-state index in [0.717, 1.165) is 18.0 Å². The number of hydrogen-bond donors (Lipinski definition) is 1. The fourth-order valence-electron chi connectivity index (χ4n) is 4.10. The van der Waals surface area contributed by atoms with E-state index in [4.69, 9.17) is 0 Å². The smallest absolute Gasteiger partial charge is 0.0351 e. The van der Waals surface area contributed by atoms with Crippen molar-refractivity contribution in [2.75, 3.05) is 13.1 Å². The van der Waals surface area contributed by atoms with Crippen molar-refractivity contribution < 1.29 is 0 Å². The zero-order valence-corrected chi connectivity index (χ0v) is 11.6. The molecule has 2 heterocycles. The molecule has 2 nitrogen and oxygen atoms in total. The Bertz CT molecular complexity index is 426. The molecule has 1 aliphatic carbocycles. The average Bonchev–Trinajstić information content (AvgIpc) is 3.05. The Balaban J connectivity index is 1.50. The highest BCUT2D eigenvalue weighted by Gasteiger charge is 2.40. The highest BCUT2D eigenvalue weighted by atomic mass is 15.2. The number of fused-ring (bicyclic) bond motifs is 1. The lowest BCUT2D eigenvalue weighted by Gasteiger charge is -2.27. The highest BCUT2D eigenvalue weighted by Crippen LogP contribution is 2.42. The van der Waals surface area contributed by atoms with Gasteiger partial charge in [-0.15, -0.1) is 0 Å². The topological polar surface area (TPSA) is 15.3 Å². The van der Waals surface area contributed by atoms with Crippen molar-refractivity contribution in [1.82, 2.24) is 10.2 Å². The monoisotopic (exact) mass is 256 g/mol. The van der Waals surface area contributed by atoms with Gasteiger partial charge in [0, 0.05) is 24.7 Å². The third-order valence-electron chi connectivity index (χ3n) is 5.25. The molecule has 3 aliphatic rings. The van der Waals surface area contributed by atoms with Crippen LogP contribution in [0.15, 0.2) is 30.3 Å². The van der Waals surface area contributed by atoms with Gasteiger partial charge in [0.25, 0.3) is 0 Å². The van der Waals surface area contributed by atoms with E-state index in [9.17, 15) is 0 Å². The van der Waals surface area contributed by atoms with Gasteiger partial charge in [-0.2, -0.15) is 0 Å². The van der Waals surface area contributed by atoms with Gasteiger partial charge in [0.05, 0.1) is 0 Å². The van der Waals surface area contributed by atoms with Gasteiger partial charge in [-0.3, -0.25) is 4.90 Å². The Hall–Kier alpha value is -0.860. The van der Waals surface area contributed by atoms with Gasteiger partial charge in [0.15, 0.2) is 0 Å². The van der Waals surface area contributed by atoms with Gasteiger partial charge >= 0.3 is 0 Å². The molecule has 1 saturated carbocycles. The van der Waals surface area contributed by atoms with E-state index in [1.807, 2.05) is 0 Å². The lowest BCUT2D eigenvalue weighted by molar-refractivity contribution is 0.283. The van der Waals surface area contributed by atoms with Crippen LogP contribution in [-0.2, 0) is 0 Å². The van der Waals surface area contributed by atoms with Crippen LogP contribution in [0.1, 0.15) is 43.7 Å². The molecule has 2 aliphatic heterocycles. The zero-order valence-electron chi connectivity index (χ0n) is 11.6. The largest absolute Gasteiger partial charge is 0.305 e. The Kier molecular flexibility index (Phi) is 3.08. The minimum atomic E-state index is 0.603. The van der Waals surface area contributed by atoms with E-state index >= 15 is 0 Å². The minimum Gasteiger partial charge on any atom is -0.305 e. The summed E-state index contributed by atoms with van der Waals surface area (Å²) in [5, 5.41) is 4.02. The Morgan fingerprint density at radius 3 is 2.63 bits per heavy atom. The van der Waals surface area contributed by atoms with Crippen molar-refractivity contribution in [3.05, 3.63) is 35.9 Å². The van der Waals surface area contributed by atoms with Crippen molar-refractivity contribution in [2.24, 2.45) is 5.92 Å². The molecule has 3 unspecified atom stereocenters. The molecule has 102 valence electrons. The highest BCUT2D eigenvalue weighted by molar-refractivity contribution is 5.21. The number of benzene rings is 1. The van der Waals surface area contributed by atoms with Crippen LogP contribution in [0.4, 0.5) is 0 Å². The summed E-state index contributed by atoms with van der Waals surface area (Å²) < 4.78 is 0. The van der Waals surface area contributed by atoms with Gasteiger partial charge < -0.3 is 5.32 Å². The molecule has 4 rings (SSSR count). The number of nitrogens with one attached hydrogen (secondary N) is 1. The van der Waals surface area contributed by atoms with E-state index in [0.29, 0.717) is 6.04 Å². The predicted octanol–water partition coefficient (Wildman–Crippen LogP) is 2.96. The summed E-state index contributed by atoms with van der Waals surface area (Å²) in [6.45, 7) is 2.65. The van der Waals surface area contributed by atoms with Crippen molar-refractivity contribution in [3.63, 3.8) is 0 Å². The summed E-state index contributed by atoms with van der Waals surface area (Å²) in [6, 6.07) is 13.3. The first-order valence-electron chi connectivity index (χ1n) is 7.97. The summed E-state index contributed by atoms with van der Waals surface area (Å²) >= 11 is 0. The molecular weight excluding hydrogens is 232 g/mol. The van der Waals surface area contributed by atoms with Gasteiger partial charge in [0.1, 0.15) is 0 Å². The lowest BCUT2D eigenvalue weighted by atomic mass is 9.98. The Morgan fingerprint density at radius 2 is 1.84 bits per heavy atom. The normalized spacial score (nSPS) is 32.4. The lowest BCUT2D eigenvalue weighted by Crippen LogP contribution is -2.41. The van der Waals surface area contributed by atoms with Crippen LogP contribution in [0.3, 0.4) is 0 Å². The van der Waals surface area contributed by atoms with Crippen LogP contribution in [0.2, 0.25) is 0 Å². The number of nitrogens with zero attached hydrogens (tertiary/aromatic N) is 1. The molecule has 1 N–H and O–H groups in total. The van der Waals surface area contributed by atoms with E-state index in [1.165, 1.54) is 50.8 Å². The van der Waals surface area contributed by atoms with Crippen LogP contribution in [0.5, 0.6) is 0 Å². The molecule has 19 heavy (non-hydrogen) atoms. The summed E-state index contributed by atoms with van der Waals surface area (Å²) in [7, 11) is 0. The molecule has 1 aromatic rings. The van der Waals surface area contributed by atoms with Gasteiger partial charge in [-0.25, -0.2) is 0 Å². The van der Waals surface area contributed by atoms with Crippen LogP contribution in [0.25, 0.3) is 0 Å². The molecule has 1 aromatic carbocycles. The van der Waals surface area contributed by atoms with Crippen molar-refractivity contribution in [2.45, 2.75) is 50.2 Å². The summed E-state index contributed by atoms with van der Waals surface area (Å²) in [5.74, 6) is 0.887. The fourth-order valence-corrected chi connectivity index (χ4v) is 4.10. The first kappa shape index (κ1) is 11.9. The maximum atomic E-state index is 4.02. The first-order chi connectivity index (χ1) is 9.42. The molecule has 2 saturated heterocycles. The van der Waals surface area contributed by atoms with E-state index in [2.05, 4.69) is 40.5 Å². The predicted molar refractivity (Wildman–Crippen MR) is 78.0 cm³/mol. The summed E-state index contributed by atoms with van der Waals surface area (Å²) in [6.07, 6.45) is 6.98. The Morgan fingerprint density at radius 1 is 1.00 bits per heavy atom. The summed E-state index contributed by atoms with van der Waals surface area (Å²) in [4.78, 5) is 2.70. The van der Waals surface area contributed by atoms with Crippen molar-refractivity contribution in [1.29, 1.82) is 0 Å². The molecule has 3 atom stereocenters. The second-order valence-electron chi connectivity index (χ2n) is 6.53. The quantitative estimate of drug-likeness (QED) is 0.891. The fraction of sp³-hybridized carbons (Fsp3) is 0.647. The second kappa shape index (κ2) is 4.92. The molecule has 3 fully saturated rings. The molecule has 0 spiro atoms. The minimum absolute atomic E-state index is 0.603. The third kappa shape index (κ3) is 2.32. The van der Waals surface area contributed by atoms with Crippen LogP contribution in [-0.4, -0.2) is 30.1 Å². The zero-order chi connectivity index (χ0) is 12.7. The van der Waals surface area contributed by atoms with Gasteiger partial charge in [-0.1, -0.05) is 30.3 Å². The third-order valence-corrected chi connectivity index (χ3v) is 5.25. The number of rotatable bonds is 4. The SMILES string of the molecule is c1ccc(C(NC2CCN3CCCC23)C2CC2)cc1. The van der Waals surface area contributed by atoms with E-state index in [-0.39, 0.29) is 0 Å².